The third kappa shape index (κ3) is 3.52. The lowest BCUT2D eigenvalue weighted by atomic mass is 9.79. The van der Waals surface area contributed by atoms with E-state index in [0.29, 0.717) is 13.2 Å². The van der Waals surface area contributed by atoms with Gasteiger partial charge in [-0.15, -0.1) is 0 Å². The monoisotopic (exact) mass is 307 g/mol. The molecule has 0 radical (unpaired) electrons. The summed E-state index contributed by atoms with van der Waals surface area (Å²) in [6.45, 7) is 10.4. The van der Waals surface area contributed by atoms with Crippen molar-refractivity contribution >= 4 is 5.91 Å². The van der Waals surface area contributed by atoms with Gasteiger partial charge in [0, 0.05) is 37.0 Å². The Bertz CT molecular complexity index is 511. The van der Waals surface area contributed by atoms with Crippen LogP contribution in [0.1, 0.15) is 41.5 Å². The summed E-state index contributed by atoms with van der Waals surface area (Å²) in [4.78, 5) is 12.6. The van der Waals surface area contributed by atoms with Gasteiger partial charge in [0.15, 0.2) is 0 Å². The molecule has 1 aromatic rings. The number of nitrogens with one attached hydrogen (secondary N) is 2. The Morgan fingerprint density at radius 1 is 1.41 bits per heavy atom. The van der Waals surface area contributed by atoms with Crippen molar-refractivity contribution in [3.05, 3.63) is 23.0 Å². The normalized spacial score (nSPS) is 17.5. The van der Waals surface area contributed by atoms with Crippen LogP contribution in [0.3, 0.4) is 0 Å². The van der Waals surface area contributed by atoms with Gasteiger partial charge in [0.25, 0.3) is 5.91 Å². The van der Waals surface area contributed by atoms with Crippen LogP contribution in [0.15, 0.2) is 6.07 Å². The fourth-order valence-electron chi connectivity index (χ4n) is 3.52. The van der Waals surface area contributed by atoms with Gasteiger partial charge in [0.05, 0.1) is 12.2 Å². The third-order valence-corrected chi connectivity index (χ3v) is 4.87. The minimum absolute atomic E-state index is 0.0295. The molecule has 5 nitrogen and oxygen atoms in total. The molecule has 124 valence electrons. The van der Waals surface area contributed by atoms with Crippen LogP contribution < -0.4 is 10.6 Å². The van der Waals surface area contributed by atoms with Crippen LogP contribution in [0.4, 0.5) is 0 Å². The minimum atomic E-state index is 0.0295. The highest BCUT2D eigenvalue weighted by Crippen LogP contribution is 2.28. The molecular formula is C17H29N3O2. The molecule has 2 N–H and O–H groups in total. The molecule has 1 aliphatic heterocycles. The van der Waals surface area contributed by atoms with Crippen LogP contribution in [-0.4, -0.2) is 43.8 Å². The van der Waals surface area contributed by atoms with Gasteiger partial charge in [-0.25, -0.2) is 0 Å². The molecule has 2 rings (SSSR count). The van der Waals surface area contributed by atoms with Crippen LogP contribution in [0.25, 0.3) is 0 Å². The van der Waals surface area contributed by atoms with Crippen LogP contribution in [0.5, 0.6) is 0 Å². The molecule has 1 aliphatic rings. The van der Waals surface area contributed by atoms with Crippen LogP contribution in [0, 0.1) is 19.3 Å². The first kappa shape index (κ1) is 17.0. The predicted octanol–water partition coefficient (Wildman–Crippen LogP) is 1.87. The van der Waals surface area contributed by atoms with Crippen molar-refractivity contribution in [3.63, 3.8) is 0 Å². The van der Waals surface area contributed by atoms with Gasteiger partial charge in [0.1, 0.15) is 0 Å². The van der Waals surface area contributed by atoms with Crippen molar-refractivity contribution in [2.75, 3.05) is 33.4 Å². The van der Waals surface area contributed by atoms with Gasteiger partial charge in [-0.05, 0) is 52.8 Å². The first-order valence-electron chi connectivity index (χ1n) is 8.17. The Balaban J connectivity index is 2.05. The van der Waals surface area contributed by atoms with Gasteiger partial charge < -0.3 is 19.9 Å². The molecule has 0 aromatic carbocycles. The van der Waals surface area contributed by atoms with E-state index in [0.717, 1.165) is 49.4 Å². The van der Waals surface area contributed by atoms with Crippen LogP contribution in [0.2, 0.25) is 0 Å². The number of rotatable bonds is 6. The molecule has 0 atom stereocenters. The second-order valence-electron chi connectivity index (χ2n) is 6.39. The number of hydrogen-bond acceptors (Lipinski definition) is 3. The lowest BCUT2D eigenvalue weighted by Gasteiger charge is -2.37. The zero-order chi connectivity index (χ0) is 16.2. The Hall–Kier alpha value is -1.33. The molecule has 22 heavy (non-hydrogen) atoms. The molecule has 0 unspecified atom stereocenters. The van der Waals surface area contributed by atoms with E-state index in [4.69, 9.17) is 4.74 Å². The van der Waals surface area contributed by atoms with E-state index in [9.17, 15) is 4.79 Å². The van der Waals surface area contributed by atoms with Gasteiger partial charge in [-0.1, -0.05) is 0 Å². The number of aromatic nitrogens is 1. The highest BCUT2D eigenvalue weighted by atomic mass is 16.5. The molecule has 1 fully saturated rings. The van der Waals surface area contributed by atoms with E-state index in [1.807, 2.05) is 19.9 Å². The lowest BCUT2D eigenvalue weighted by molar-refractivity contribution is 0.0511. The maximum Gasteiger partial charge on any atom is 0.253 e. The van der Waals surface area contributed by atoms with Gasteiger partial charge in [-0.3, -0.25) is 4.79 Å². The summed E-state index contributed by atoms with van der Waals surface area (Å²) < 4.78 is 7.57. The summed E-state index contributed by atoms with van der Waals surface area (Å²) in [5, 5.41) is 6.51. The number of carbonyl (C=O) groups is 1. The number of aryl methyl sites for hydroxylation is 1. The molecule has 1 aromatic heterocycles. The molecule has 0 spiro atoms. The lowest BCUT2D eigenvalue weighted by Crippen LogP contribution is -2.47. The van der Waals surface area contributed by atoms with Gasteiger partial charge in [-0.2, -0.15) is 0 Å². The third-order valence-electron chi connectivity index (χ3n) is 4.87. The fraction of sp³-hybridized carbons (Fsp3) is 0.706. The molecule has 1 amide bonds. The van der Waals surface area contributed by atoms with E-state index in [1.54, 1.807) is 7.11 Å². The minimum Gasteiger partial charge on any atom is -0.384 e. The summed E-state index contributed by atoms with van der Waals surface area (Å²) >= 11 is 0. The summed E-state index contributed by atoms with van der Waals surface area (Å²) in [5.74, 6) is 0.0295. The molecule has 1 saturated heterocycles. The summed E-state index contributed by atoms with van der Waals surface area (Å²) in [7, 11) is 1.74. The van der Waals surface area contributed by atoms with Crippen molar-refractivity contribution in [2.45, 2.75) is 40.2 Å². The summed E-state index contributed by atoms with van der Waals surface area (Å²) in [6.07, 6.45) is 2.07. The highest BCUT2D eigenvalue weighted by Gasteiger charge is 2.32. The molecule has 0 aliphatic carbocycles. The first-order chi connectivity index (χ1) is 10.5. The number of methoxy groups -OCH3 is 1. The Morgan fingerprint density at radius 3 is 2.64 bits per heavy atom. The highest BCUT2D eigenvalue weighted by molar-refractivity contribution is 5.95. The number of amides is 1. The zero-order valence-corrected chi connectivity index (χ0v) is 14.3. The zero-order valence-electron chi connectivity index (χ0n) is 14.3. The second-order valence-corrected chi connectivity index (χ2v) is 6.39. The van der Waals surface area contributed by atoms with Crippen molar-refractivity contribution in [1.82, 2.24) is 15.2 Å². The Kier molecular flexibility index (Phi) is 5.64. The Labute approximate surface area is 133 Å². The molecule has 5 heteroatoms. The van der Waals surface area contributed by atoms with Crippen molar-refractivity contribution < 1.29 is 9.53 Å². The van der Waals surface area contributed by atoms with Gasteiger partial charge in [0.2, 0.25) is 0 Å². The molecule has 0 bridgehead atoms. The average molecular weight is 307 g/mol. The maximum absolute atomic E-state index is 12.6. The van der Waals surface area contributed by atoms with E-state index >= 15 is 0 Å². The van der Waals surface area contributed by atoms with Crippen molar-refractivity contribution in [1.29, 1.82) is 0 Å². The smallest absolute Gasteiger partial charge is 0.253 e. The largest absolute Gasteiger partial charge is 0.384 e. The number of piperidine rings is 1. The topological polar surface area (TPSA) is 55.3 Å². The second kappa shape index (κ2) is 7.29. The number of nitrogens with zero attached hydrogens (tertiary/aromatic N) is 1. The van der Waals surface area contributed by atoms with Gasteiger partial charge >= 0.3 is 0 Å². The van der Waals surface area contributed by atoms with Crippen molar-refractivity contribution in [2.24, 2.45) is 5.41 Å². The predicted molar refractivity (Wildman–Crippen MR) is 88.3 cm³/mol. The summed E-state index contributed by atoms with van der Waals surface area (Å²) in [6, 6.07) is 1.99. The molecule has 0 saturated carbocycles. The fourth-order valence-corrected chi connectivity index (χ4v) is 3.52. The summed E-state index contributed by atoms with van der Waals surface area (Å²) in [5.41, 5.74) is 3.04. The maximum atomic E-state index is 12.6. The van der Waals surface area contributed by atoms with Crippen LogP contribution in [-0.2, 0) is 11.3 Å². The van der Waals surface area contributed by atoms with Crippen molar-refractivity contribution in [3.8, 4) is 0 Å². The van der Waals surface area contributed by atoms with E-state index in [-0.39, 0.29) is 11.3 Å². The SMILES string of the molecule is CCn1c(C)cc(C(=O)NCC2(COC)CCNCC2)c1C. The van der Waals surface area contributed by atoms with Crippen LogP contribution >= 0.6 is 0 Å². The number of hydrogen-bond donors (Lipinski definition) is 2. The first-order valence-corrected chi connectivity index (χ1v) is 8.17. The number of carbonyl (C=O) groups excluding carboxylic acids is 1. The van der Waals surface area contributed by atoms with E-state index in [2.05, 4.69) is 22.1 Å². The van der Waals surface area contributed by atoms with E-state index < -0.39 is 0 Å². The Morgan fingerprint density at radius 2 is 2.09 bits per heavy atom. The molecule has 2 heterocycles. The number of ether oxygens (including phenoxy) is 1. The quantitative estimate of drug-likeness (QED) is 0.843. The van der Waals surface area contributed by atoms with E-state index in [1.165, 1.54) is 0 Å². The standard InChI is InChI=1S/C17H29N3O2/c1-5-20-13(2)10-15(14(20)3)16(21)19-11-17(12-22-4)6-8-18-9-7-17/h10,18H,5-9,11-12H2,1-4H3,(H,19,21). The average Bonchev–Trinajstić information content (AvgIpc) is 2.80. The molecular weight excluding hydrogens is 278 g/mol.